The second kappa shape index (κ2) is 8.45. The van der Waals surface area contributed by atoms with Gasteiger partial charge in [0, 0.05) is 21.2 Å². The van der Waals surface area contributed by atoms with Crippen LogP contribution in [0.5, 0.6) is 5.75 Å². The zero-order valence-corrected chi connectivity index (χ0v) is 15.7. The number of nitrogens with zero attached hydrogens (tertiary/aromatic N) is 1. The Morgan fingerprint density at radius 1 is 0.846 bits per heavy atom. The molecule has 130 valence electrons. The molecule has 5 heteroatoms. The lowest BCUT2D eigenvalue weighted by atomic mass is 10.0. The van der Waals surface area contributed by atoms with Gasteiger partial charge in [0.25, 0.3) is 5.91 Å². The van der Waals surface area contributed by atoms with Gasteiger partial charge in [0.1, 0.15) is 5.75 Å². The molecule has 0 spiro atoms. The van der Waals surface area contributed by atoms with Crippen LogP contribution in [-0.2, 0) is 0 Å². The highest BCUT2D eigenvalue weighted by Crippen LogP contribution is 2.16. The van der Waals surface area contributed by atoms with Gasteiger partial charge in [-0.3, -0.25) is 4.79 Å². The van der Waals surface area contributed by atoms with E-state index in [1.165, 1.54) is 0 Å². The second-order valence-electron chi connectivity index (χ2n) is 5.50. The number of hydrogen-bond acceptors (Lipinski definition) is 3. The van der Waals surface area contributed by atoms with Crippen molar-refractivity contribution in [1.82, 2.24) is 5.43 Å². The molecular formula is C21H17BrN2O2. The smallest absolute Gasteiger partial charge is 0.271 e. The molecule has 0 saturated carbocycles. The lowest BCUT2D eigenvalue weighted by Gasteiger charge is -2.09. The van der Waals surface area contributed by atoms with E-state index in [9.17, 15) is 4.79 Å². The second-order valence-corrected chi connectivity index (χ2v) is 6.42. The van der Waals surface area contributed by atoms with Gasteiger partial charge in [-0.25, -0.2) is 5.43 Å². The molecule has 4 nitrogen and oxygen atoms in total. The Morgan fingerprint density at radius 2 is 1.42 bits per heavy atom. The summed E-state index contributed by atoms with van der Waals surface area (Å²) in [5, 5.41) is 4.38. The molecule has 3 aromatic carbocycles. The molecule has 0 aromatic heterocycles. The Bertz CT molecular complexity index is 905. The van der Waals surface area contributed by atoms with Crippen LogP contribution >= 0.6 is 15.9 Å². The lowest BCUT2D eigenvalue weighted by Crippen LogP contribution is -2.20. The predicted octanol–water partition coefficient (Wildman–Crippen LogP) is 4.64. The maximum Gasteiger partial charge on any atom is 0.271 e. The lowest BCUT2D eigenvalue weighted by molar-refractivity contribution is 0.0955. The van der Waals surface area contributed by atoms with Crippen molar-refractivity contribution >= 4 is 27.5 Å². The number of carbonyl (C=O) groups is 1. The molecule has 0 aliphatic carbocycles. The van der Waals surface area contributed by atoms with E-state index in [0.717, 1.165) is 21.3 Å². The van der Waals surface area contributed by atoms with Gasteiger partial charge >= 0.3 is 0 Å². The monoisotopic (exact) mass is 408 g/mol. The van der Waals surface area contributed by atoms with Crippen molar-refractivity contribution in [3.05, 3.63) is 100 Å². The van der Waals surface area contributed by atoms with E-state index in [0.29, 0.717) is 11.3 Å². The molecular weight excluding hydrogens is 392 g/mol. The van der Waals surface area contributed by atoms with E-state index in [2.05, 4.69) is 26.5 Å². The van der Waals surface area contributed by atoms with Gasteiger partial charge in [0.15, 0.2) is 0 Å². The van der Waals surface area contributed by atoms with Crippen molar-refractivity contribution in [2.75, 3.05) is 7.11 Å². The summed E-state index contributed by atoms with van der Waals surface area (Å²) >= 11 is 3.36. The standard InChI is InChI=1S/C21H17BrN2O2/c1-26-19-13-9-16(10-14-19)20(15-5-3-2-4-6-15)23-24-21(25)17-7-11-18(22)12-8-17/h2-14H,1H3,(H,24,25). The summed E-state index contributed by atoms with van der Waals surface area (Å²) in [6.45, 7) is 0. The SMILES string of the molecule is COc1ccc(C(=NNC(=O)c2ccc(Br)cc2)c2ccccc2)cc1. The zero-order chi connectivity index (χ0) is 18.4. The first-order valence-corrected chi connectivity index (χ1v) is 8.80. The van der Waals surface area contributed by atoms with Crippen molar-refractivity contribution in [3.8, 4) is 5.75 Å². The van der Waals surface area contributed by atoms with Crippen LogP contribution in [0.2, 0.25) is 0 Å². The van der Waals surface area contributed by atoms with Crippen LogP contribution in [0.15, 0.2) is 88.4 Å². The van der Waals surface area contributed by atoms with Crippen LogP contribution in [0.4, 0.5) is 0 Å². The molecule has 0 aliphatic heterocycles. The Hall–Kier alpha value is -2.92. The molecule has 3 aromatic rings. The molecule has 0 heterocycles. The largest absolute Gasteiger partial charge is 0.497 e. The van der Waals surface area contributed by atoms with E-state index < -0.39 is 0 Å². The number of ether oxygens (including phenoxy) is 1. The van der Waals surface area contributed by atoms with E-state index in [-0.39, 0.29) is 5.91 Å². The number of nitrogens with one attached hydrogen (secondary N) is 1. The number of rotatable bonds is 5. The maximum atomic E-state index is 12.4. The molecule has 0 fully saturated rings. The molecule has 0 aliphatic rings. The Morgan fingerprint density at radius 3 is 2.04 bits per heavy atom. The third-order valence-electron chi connectivity index (χ3n) is 3.79. The first-order chi connectivity index (χ1) is 12.7. The van der Waals surface area contributed by atoms with Crippen LogP contribution in [0.1, 0.15) is 21.5 Å². The van der Waals surface area contributed by atoms with Gasteiger partial charge in [0.2, 0.25) is 0 Å². The Balaban J connectivity index is 1.90. The van der Waals surface area contributed by atoms with Crippen LogP contribution in [0.3, 0.4) is 0 Å². The van der Waals surface area contributed by atoms with Gasteiger partial charge in [-0.1, -0.05) is 46.3 Å². The number of amides is 1. The van der Waals surface area contributed by atoms with Crippen molar-refractivity contribution < 1.29 is 9.53 Å². The van der Waals surface area contributed by atoms with E-state index >= 15 is 0 Å². The van der Waals surface area contributed by atoms with Crippen molar-refractivity contribution in [2.24, 2.45) is 5.10 Å². The zero-order valence-electron chi connectivity index (χ0n) is 14.1. The van der Waals surface area contributed by atoms with Crippen molar-refractivity contribution in [2.45, 2.75) is 0 Å². The topological polar surface area (TPSA) is 50.7 Å². The van der Waals surface area contributed by atoms with Crippen LogP contribution in [-0.4, -0.2) is 18.7 Å². The minimum absolute atomic E-state index is 0.264. The van der Waals surface area contributed by atoms with Gasteiger partial charge in [0.05, 0.1) is 12.8 Å². The molecule has 26 heavy (non-hydrogen) atoms. The third kappa shape index (κ3) is 4.37. The molecule has 0 radical (unpaired) electrons. The summed E-state index contributed by atoms with van der Waals surface area (Å²) < 4.78 is 6.12. The van der Waals surface area contributed by atoms with Crippen LogP contribution in [0.25, 0.3) is 0 Å². The number of methoxy groups -OCH3 is 1. The molecule has 3 rings (SSSR count). The van der Waals surface area contributed by atoms with Crippen LogP contribution in [0, 0.1) is 0 Å². The number of benzene rings is 3. The van der Waals surface area contributed by atoms with Gasteiger partial charge in [-0.05, 0) is 48.5 Å². The number of hydrazone groups is 1. The molecule has 0 unspecified atom stereocenters. The highest BCUT2D eigenvalue weighted by molar-refractivity contribution is 9.10. The minimum Gasteiger partial charge on any atom is -0.497 e. The normalized spacial score (nSPS) is 11.1. The minimum atomic E-state index is -0.264. The van der Waals surface area contributed by atoms with Crippen molar-refractivity contribution in [1.29, 1.82) is 0 Å². The first-order valence-electron chi connectivity index (χ1n) is 8.01. The fourth-order valence-electron chi connectivity index (χ4n) is 2.41. The first kappa shape index (κ1) is 17.9. The summed E-state index contributed by atoms with van der Waals surface area (Å²) in [6.07, 6.45) is 0. The quantitative estimate of drug-likeness (QED) is 0.493. The molecule has 0 saturated heterocycles. The van der Waals surface area contributed by atoms with E-state index in [4.69, 9.17) is 4.74 Å². The summed E-state index contributed by atoms with van der Waals surface area (Å²) in [5.74, 6) is 0.500. The molecule has 0 bridgehead atoms. The van der Waals surface area contributed by atoms with E-state index in [1.807, 2.05) is 66.7 Å². The average molecular weight is 409 g/mol. The fourth-order valence-corrected chi connectivity index (χ4v) is 2.68. The maximum absolute atomic E-state index is 12.4. The number of carbonyl (C=O) groups excluding carboxylic acids is 1. The highest BCUT2D eigenvalue weighted by atomic mass is 79.9. The molecule has 1 amide bonds. The number of halogens is 1. The van der Waals surface area contributed by atoms with Gasteiger partial charge < -0.3 is 4.74 Å². The highest BCUT2D eigenvalue weighted by Gasteiger charge is 2.10. The van der Waals surface area contributed by atoms with Gasteiger partial charge in [-0.2, -0.15) is 5.10 Å². The molecule has 1 N–H and O–H groups in total. The van der Waals surface area contributed by atoms with Crippen molar-refractivity contribution in [3.63, 3.8) is 0 Å². The summed E-state index contributed by atoms with van der Waals surface area (Å²) in [4.78, 5) is 12.4. The van der Waals surface area contributed by atoms with Crippen LogP contribution < -0.4 is 10.2 Å². The summed E-state index contributed by atoms with van der Waals surface area (Å²) in [5.41, 5.74) is 5.66. The Labute approximate surface area is 160 Å². The predicted molar refractivity (Wildman–Crippen MR) is 107 cm³/mol. The third-order valence-corrected chi connectivity index (χ3v) is 4.32. The molecule has 0 atom stereocenters. The Kier molecular flexibility index (Phi) is 5.81. The fraction of sp³-hybridized carbons (Fsp3) is 0.0476. The average Bonchev–Trinajstić information content (AvgIpc) is 2.70. The number of hydrogen-bond donors (Lipinski definition) is 1. The summed E-state index contributed by atoms with van der Waals surface area (Å²) in [6, 6.07) is 24.4. The van der Waals surface area contributed by atoms with E-state index in [1.54, 1.807) is 19.2 Å². The summed E-state index contributed by atoms with van der Waals surface area (Å²) in [7, 11) is 1.62. The van der Waals surface area contributed by atoms with Gasteiger partial charge in [-0.15, -0.1) is 0 Å².